The van der Waals surface area contributed by atoms with Gasteiger partial charge in [0, 0.05) is 12.8 Å². The Kier molecular flexibility index (Phi) is 57.9. The Hall–Kier alpha value is -3.59. The molecule has 1 amide bonds. The fourth-order valence-corrected chi connectivity index (χ4v) is 9.74. The molecular weight excluding hydrogens is 1040 g/mol. The van der Waals surface area contributed by atoms with Gasteiger partial charge >= 0.3 is 13.8 Å². The van der Waals surface area contributed by atoms with Crippen molar-refractivity contribution in [1.82, 2.24) is 5.32 Å². The van der Waals surface area contributed by atoms with Crippen LogP contribution in [0.5, 0.6) is 0 Å². The average Bonchev–Trinajstić information content (AvgIpc) is 3.44. The Balaban J connectivity index is 5.23. The van der Waals surface area contributed by atoms with Crippen molar-refractivity contribution >= 4 is 19.7 Å². The van der Waals surface area contributed by atoms with Crippen LogP contribution < -0.4 is 5.32 Å². The zero-order valence-electron chi connectivity index (χ0n) is 53.7. The van der Waals surface area contributed by atoms with Gasteiger partial charge in [-0.3, -0.25) is 18.6 Å². The van der Waals surface area contributed by atoms with Crippen LogP contribution in [0.1, 0.15) is 271 Å². The Morgan fingerprint density at radius 3 is 1.20 bits per heavy atom. The lowest BCUT2D eigenvalue weighted by Gasteiger charge is -2.27. The monoisotopic (exact) mass is 1160 g/mol. The lowest BCUT2D eigenvalue weighted by atomic mass is 10.0. The molecule has 0 bridgehead atoms. The fourth-order valence-electron chi connectivity index (χ4n) is 9.01. The predicted molar refractivity (Wildman–Crippen MR) is 355 cm³/mol. The summed E-state index contributed by atoms with van der Waals surface area (Å²) in [5.41, 5.74) is 0. The number of nitrogens with zero attached hydrogens (tertiary/aromatic N) is 1. The number of hydrogen-bond donors (Lipinski definition) is 2. The Labute approximate surface area is 505 Å². The van der Waals surface area contributed by atoms with Gasteiger partial charge in [-0.1, -0.05) is 258 Å². The van der Waals surface area contributed by atoms with Crippen LogP contribution in [-0.4, -0.2) is 74.3 Å². The highest BCUT2D eigenvalue weighted by Gasteiger charge is 2.30. The van der Waals surface area contributed by atoms with E-state index in [-0.39, 0.29) is 31.5 Å². The summed E-state index contributed by atoms with van der Waals surface area (Å²) in [6.45, 7) is 6.85. The zero-order valence-corrected chi connectivity index (χ0v) is 54.6. The van der Waals surface area contributed by atoms with Crippen LogP contribution in [0.15, 0.2) is 122 Å². The van der Waals surface area contributed by atoms with E-state index >= 15 is 0 Å². The van der Waals surface area contributed by atoms with Crippen LogP contribution in [0.3, 0.4) is 0 Å². The third-order valence-electron chi connectivity index (χ3n) is 14.1. The molecule has 0 aromatic heterocycles. The number of ether oxygens (including phenoxy) is 1. The second-order valence-electron chi connectivity index (χ2n) is 23.3. The molecular formula is C72H126N2O7P+. The van der Waals surface area contributed by atoms with Crippen LogP contribution in [0, 0.1) is 0 Å². The Bertz CT molecular complexity index is 1820. The number of likely N-dealkylation sites (N-methyl/N-ethyl adjacent to an activating group) is 1. The summed E-state index contributed by atoms with van der Waals surface area (Å²) < 4.78 is 30.7. The van der Waals surface area contributed by atoms with Crippen LogP contribution in [0.25, 0.3) is 0 Å². The molecule has 0 rings (SSSR count). The number of phosphoric ester groups is 1. The maximum absolute atomic E-state index is 13.6. The van der Waals surface area contributed by atoms with E-state index in [1.54, 1.807) is 0 Å². The number of esters is 1. The highest BCUT2D eigenvalue weighted by Crippen LogP contribution is 2.43. The Morgan fingerprint density at radius 1 is 0.439 bits per heavy atom. The van der Waals surface area contributed by atoms with E-state index in [1.165, 1.54) is 77.0 Å². The summed E-state index contributed by atoms with van der Waals surface area (Å²) in [6, 6.07) is -0.871. The quantitative estimate of drug-likeness (QED) is 0.0205. The molecule has 0 saturated heterocycles. The van der Waals surface area contributed by atoms with Crippen molar-refractivity contribution in [3.05, 3.63) is 122 Å². The molecule has 470 valence electrons. The van der Waals surface area contributed by atoms with Crippen molar-refractivity contribution in [2.24, 2.45) is 0 Å². The van der Waals surface area contributed by atoms with E-state index in [2.05, 4.69) is 135 Å². The number of rotatable bonds is 59. The molecule has 0 fully saturated rings. The van der Waals surface area contributed by atoms with Crippen LogP contribution in [0.4, 0.5) is 0 Å². The second kappa shape index (κ2) is 60.5. The van der Waals surface area contributed by atoms with Gasteiger partial charge in [0.25, 0.3) is 0 Å². The van der Waals surface area contributed by atoms with Crippen molar-refractivity contribution in [1.29, 1.82) is 0 Å². The molecule has 0 spiro atoms. The van der Waals surface area contributed by atoms with E-state index in [1.807, 2.05) is 33.3 Å². The fraction of sp³-hybridized carbons (Fsp3) is 0.694. The summed E-state index contributed by atoms with van der Waals surface area (Å²) in [5.74, 6) is -0.542. The molecule has 0 aliphatic rings. The van der Waals surface area contributed by atoms with E-state index in [9.17, 15) is 19.0 Å². The van der Waals surface area contributed by atoms with Crippen LogP contribution >= 0.6 is 7.82 Å². The van der Waals surface area contributed by atoms with Gasteiger partial charge in [-0.15, -0.1) is 0 Å². The molecule has 3 atom stereocenters. The van der Waals surface area contributed by atoms with E-state index in [0.29, 0.717) is 23.9 Å². The first-order valence-corrected chi connectivity index (χ1v) is 34.9. The third-order valence-corrected chi connectivity index (χ3v) is 15.1. The number of amides is 1. The smallest absolute Gasteiger partial charge is 0.456 e. The number of allylic oxidation sites excluding steroid dienone is 19. The Morgan fingerprint density at radius 2 is 0.780 bits per heavy atom. The van der Waals surface area contributed by atoms with Gasteiger partial charge in [-0.2, -0.15) is 0 Å². The molecule has 3 unspecified atom stereocenters. The van der Waals surface area contributed by atoms with E-state index in [4.69, 9.17) is 13.8 Å². The first kappa shape index (κ1) is 78.4. The third kappa shape index (κ3) is 61.0. The maximum Gasteiger partial charge on any atom is 0.472 e. The molecule has 0 radical (unpaired) electrons. The van der Waals surface area contributed by atoms with Gasteiger partial charge in [0.1, 0.15) is 19.3 Å². The molecule has 10 heteroatoms. The summed E-state index contributed by atoms with van der Waals surface area (Å²) in [7, 11) is 1.46. The molecule has 9 nitrogen and oxygen atoms in total. The normalized spacial score (nSPS) is 14.4. The molecule has 2 N–H and O–H groups in total. The van der Waals surface area contributed by atoms with Gasteiger partial charge in [0.15, 0.2) is 0 Å². The number of carbonyl (C=O) groups excluding carboxylic acids is 2. The number of nitrogens with one attached hydrogen (secondary N) is 1. The summed E-state index contributed by atoms with van der Waals surface area (Å²) in [4.78, 5) is 37.8. The molecule has 0 heterocycles. The lowest BCUT2D eigenvalue weighted by molar-refractivity contribution is -0.870. The topological polar surface area (TPSA) is 111 Å². The number of hydrogen-bond acceptors (Lipinski definition) is 6. The molecule has 0 aromatic rings. The summed E-state index contributed by atoms with van der Waals surface area (Å²) in [5, 5.41) is 3.05. The van der Waals surface area contributed by atoms with Crippen molar-refractivity contribution in [2.45, 2.75) is 283 Å². The summed E-state index contributed by atoms with van der Waals surface area (Å²) in [6.07, 6.45) is 84.8. The second-order valence-corrected chi connectivity index (χ2v) is 24.7. The molecule has 82 heavy (non-hydrogen) atoms. The first-order valence-electron chi connectivity index (χ1n) is 33.4. The standard InChI is InChI=1S/C72H125N2O7P/c1-7-10-13-16-19-22-25-28-30-32-34-35-36-37-38-39-41-43-45-47-50-53-56-59-62-65-72(76)81-70(63-60-57-54-51-48-27-24-21-18-15-12-9-3)69(68-80-82(77,78)79-67-66-74(4,5)6)73-71(75)64-61-58-55-52-49-46-44-42-40-33-31-29-26-23-20-17-14-11-8-2/h10,13,19-20,22-23,28-31,34-35,37-38,40-43,60,63,69-70H,7-9,11-12,14-18,21,24-27,32-33,36,39,44-59,61-62,64-68H2,1-6H3,(H-,73,75,77,78)/p+1/b13-10-,22-19-,23-20-,30-28-,31-29-,35-34-,38-37-,42-40-,43-41-,63-60-. The van der Waals surface area contributed by atoms with Crippen molar-refractivity contribution < 1.29 is 37.3 Å². The van der Waals surface area contributed by atoms with Gasteiger partial charge in [0.2, 0.25) is 5.91 Å². The van der Waals surface area contributed by atoms with Crippen molar-refractivity contribution in [2.75, 3.05) is 40.9 Å². The van der Waals surface area contributed by atoms with Crippen LogP contribution in [-0.2, 0) is 27.9 Å². The first-order chi connectivity index (χ1) is 39.9. The SMILES string of the molecule is CC/C=C\C/C=C\C/C=C\C/C=C\C/C=C\C/C=C\CCCCCCCCC(=O)OC(/C=C\CCCCCCCCCCCC)C(COP(=O)(O)OCC[N+](C)(C)C)NC(=O)CCCCCCCC/C=C\C/C=C\C/C=C\CCCCC. The zero-order chi connectivity index (χ0) is 60.0. The lowest BCUT2D eigenvalue weighted by Crippen LogP contribution is -2.47. The highest BCUT2D eigenvalue weighted by atomic mass is 31.2. The van der Waals surface area contributed by atoms with Crippen LogP contribution in [0.2, 0.25) is 0 Å². The van der Waals surface area contributed by atoms with Gasteiger partial charge in [-0.05, 0) is 122 Å². The molecule has 0 aromatic carbocycles. The average molecular weight is 1160 g/mol. The minimum absolute atomic E-state index is 0.0286. The maximum atomic E-state index is 13.6. The molecule has 0 saturated carbocycles. The number of carbonyl (C=O) groups is 2. The highest BCUT2D eigenvalue weighted by molar-refractivity contribution is 7.47. The van der Waals surface area contributed by atoms with E-state index < -0.39 is 20.0 Å². The number of quaternary nitrogens is 1. The van der Waals surface area contributed by atoms with E-state index in [0.717, 1.165) is 154 Å². The largest absolute Gasteiger partial charge is 0.472 e. The van der Waals surface area contributed by atoms with Crippen molar-refractivity contribution in [3.63, 3.8) is 0 Å². The minimum Gasteiger partial charge on any atom is -0.456 e. The predicted octanol–water partition coefficient (Wildman–Crippen LogP) is 21.1. The molecule has 0 aliphatic heterocycles. The number of unbranched alkanes of at least 4 members (excludes halogenated alkanes) is 25. The van der Waals surface area contributed by atoms with Gasteiger partial charge < -0.3 is 19.4 Å². The summed E-state index contributed by atoms with van der Waals surface area (Å²) >= 11 is 0. The van der Waals surface area contributed by atoms with Crippen molar-refractivity contribution in [3.8, 4) is 0 Å². The van der Waals surface area contributed by atoms with Gasteiger partial charge in [0.05, 0.1) is 33.8 Å². The van der Waals surface area contributed by atoms with Gasteiger partial charge in [-0.25, -0.2) is 4.57 Å². The minimum atomic E-state index is -4.47. The molecule has 0 aliphatic carbocycles. The number of phosphoric acid groups is 1.